The molecule has 0 aromatic heterocycles. The smallest absolute Gasteiger partial charge is 0.243 e. The molecule has 0 saturated carbocycles. The average Bonchev–Trinajstić information content (AvgIpc) is 2.47. The van der Waals surface area contributed by atoms with Crippen LogP contribution < -0.4 is 4.74 Å². The van der Waals surface area contributed by atoms with E-state index in [0.717, 1.165) is 12.8 Å². The summed E-state index contributed by atoms with van der Waals surface area (Å²) in [4.78, 5) is 0.309. The number of piperidine rings is 1. The molecule has 1 aromatic carbocycles. The molecule has 1 saturated heterocycles. The number of hydrogen-bond acceptors (Lipinski definition) is 3. The molecular weight excluding hydrogens is 286 g/mol. The Hall–Kier alpha value is -0.780. The SMILES string of the molecule is COc1ccc(S(=O)(=O)N2CCCC(CCl)C2)cc1. The highest BCUT2D eigenvalue weighted by Crippen LogP contribution is 2.25. The Morgan fingerprint density at radius 2 is 2.05 bits per heavy atom. The van der Waals surface area contributed by atoms with Gasteiger partial charge in [0.1, 0.15) is 5.75 Å². The standard InChI is InChI=1S/C13H18ClNO3S/c1-18-12-4-6-13(7-5-12)19(16,17)15-8-2-3-11(9-14)10-15/h4-7,11H,2-3,8-10H2,1H3. The zero-order valence-corrected chi connectivity index (χ0v) is 12.5. The first kappa shape index (κ1) is 14.6. The normalized spacial score (nSPS) is 21.3. The number of alkyl halides is 1. The van der Waals surface area contributed by atoms with E-state index in [2.05, 4.69) is 0 Å². The van der Waals surface area contributed by atoms with E-state index in [1.165, 1.54) is 4.31 Å². The Morgan fingerprint density at radius 1 is 1.37 bits per heavy atom. The minimum absolute atomic E-state index is 0.253. The van der Waals surface area contributed by atoms with Crippen LogP contribution in [-0.4, -0.2) is 38.8 Å². The van der Waals surface area contributed by atoms with Crippen LogP contribution in [-0.2, 0) is 10.0 Å². The number of benzene rings is 1. The third-order valence-electron chi connectivity index (χ3n) is 3.40. The molecule has 1 atom stereocenters. The molecule has 0 radical (unpaired) electrons. The van der Waals surface area contributed by atoms with Crippen LogP contribution in [0.5, 0.6) is 5.75 Å². The third-order valence-corrected chi connectivity index (χ3v) is 5.71. The Balaban J connectivity index is 2.20. The molecule has 0 aliphatic carbocycles. The van der Waals surface area contributed by atoms with E-state index < -0.39 is 10.0 Å². The minimum Gasteiger partial charge on any atom is -0.497 e. The van der Waals surface area contributed by atoms with Crippen LogP contribution in [0.1, 0.15) is 12.8 Å². The minimum atomic E-state index is -3.41. The van der Waals surface area contributed by atoms with Gasteiger partial charge in [0.2, 0.25) is 10.0 Å². The van der Waals surface area contributed by atoms with E-state index in [0.29, 0.717) is 29.6 Å². The molecule has 0 N–H and O–H groups in total. The lowest BCUT2D eigenvalue weighted by molar-refractivity contribution is 0.283. The number of rotatable bonds is 4. The fourth-order valence-corrected chi connectivity index (χ4v) is 4.07. The Kier molecular flexibility index (Phi) is 4.71. The first-order valence-corrected chi connectivity index (χ1v) is 8.25. The Labute approximate surface area is 119 Å². The molecule has 0 spiro atoms. The molecule has 1 aromatic rings. The maximum atomic E-state index is 12.5. The molecule has 1 heterocycles. The van der Waals surface area contributed by atoms with Crippen molar-refractivity contribution in [3.05, 3.63) is 24.3 Å². The Bertz CT molecular complexity index is 515. The summed E-state index contributed by atoms with van der Waals surface area (Å²) in [6, 6.07) is 6.49. The number of ether oxygens (including phenoxy) is 1. The topological polar surface area (TPSA) is 46.6 Å². The molecule has 1 unspecified atom stereocenters. The second-order valence-electron chi connectivity index (χ2n) is 4.70. The molecule has 19 heavy (non-hydrogen) atoms. The van der Waals surface area contributed by atoms with Crippen molar-refractivity contribution < 1.29 is 13.2 Å². The van der Waals surface area contributed by atoms with Gasteiger partial charge in [0.15, 0.2) is 0 Å². The lowest BCUT2D eigenvalue weighted by Crippen LogP contribution is -2.40. The highest BCUT2D eigenvalue weighted by Gasteiger charge is 2.29. The zero-order chi connectivity index (χ0) is 13.9. The van der Waals surface area contributed by atoms with Crippen LogP contribution in [0.3, 0.4) is 0 Å². The quantitative estimate of drug-likeness (QED) is 0.802. The van der Waals surface area contributed by atoms with Gasteiger partial charge in [0, 0.05) is 19.0 Å². The summed E-state index contributed by atoms with van der Waals surface area (Å²) in [6.07, 6.45) is 1.87. The molecule has 4 nitrogen and oxygen atoms in total. The molecule has 0 bridgehead atoms. The van der Waals surface area contributed by atoms with Crippen LogP contribution in [0.25, 0.3) is 0 Å². The third kappa shape index (κ3) is 3.22. The summed E-state index contributed by atoms with van der Waals surface area (Å²) in [5, 5.41) is 0. The van der Waals surface area contributed by atoms with Crippen molar-refractivity contribution in [2.24, 2.45) is 5.92 Å². The van der Waals surface area contributed by atoms with Crippen LogP contribution in [0.15, 0.2) is 29.2 Å². The summed E-state index contributed by atoms with van der Waals surface area (Å²) in [6.45, 7) is 1.08. The maximum Gasteiger partial charge on any atom is 0.243 e. The molecule has 1 aliphatic heterocycles. The number of nitrogens with zero attached hydrogens (tertiary/aromatic N) is 1. The van der Waals surface area contributed by atoms with Crippen LogP contribution in [0.4, 0.5) is 0 Å². The number of sulfonamides is 1. The highest BCUT2D eigenvalue weighted by atomic mass is 35.5. The second kappa shape index (κ2) is 6.11. The van der Waals surface area contributed by atoms with Gasteiger partial charge in [-0.2, -0.15) is 4.31 Å². The molecule has 1 fully saturated rings. The molecule has 1 aliphatic rings. The lowest BCUT2D eigenvalue weighted by atomic mass is 10.0. The van der Waals surface area contributed by atoms with Crippen molar-refractivity contribution in [2.45, 2.75) is 17.7 Å². The molecule has 0 amide bonds. The van der Waals surface area contributed by atoms with Gasteiger partial charge in [-0.05, 0) is 43.0 Å². The molecule has 6 heteroatoms. The van der Waals surface area contributed by atoms with Crippen molar-refractivity contribution in [1.82, 2.24) is 4.31 Å². The van der Waals surface area contributed by atoms with E-state index in [1.807, 2.05) is 0 Å². The monoisotopic (exact) mass is 303 g/mol. The van der Waals surface area contributed by atoms with E-state index in [4.69, 9.17) is 16.3 Å². The second-order valence-corrected chi connectivity index (χ2v) is 6.95. The van der Waals surface area contributed by atoms with Gasteiger partial charge in [0.25, 0.3) is 0 Å². The largest absolute Gasteiger partial charge is 0.497 e. The van der Waals surface area contributed by atoms with Gasteiger partial charge < -0.3 is 4.74 Å². The fourth-order valence-electron chi connectivity index (χ4n) is 2.27. The fraction of sp³-hybridized carbons (Fsp3) is 0.538. The molecular formula is C13H18ClNO3S. The van der Waals surface area contributed by atoms with E-state index in [1.54, 1.807) is 31.4 Å². The highest BCUT2D eigenvalue weighted by molar-refractivity contribution is 7.89. The van der Waals surface area contributed by atoms with Crippen LogP contribution >= 0.6 is 11.6 Å². The lowest BCUT2D eigenvalue weighted by Gasteiger charge is -2.30. The number of hydrogen-bond donors (Lipinski definition) is 0. The van der Waals surface area contributed by atoms with Gasteiger partial charge in [-0.1, -0.05) is 0 Å². The zero-order valence-electron chi connectivity index (χ0n) is 10.9. The van der Waals surface area contributed by atoms with Crippen LogP contribution in [0.2, 0.25) is 0 Å². The summed E-state index contributed by atoms with van der Waals surface area (Å²) in [5.74, 6) is 1.41. The Morgan fingerprint density at radius 3 is 2.63 bits per heavy atom. The van der Waals surface area contributed by atoms with Gasteiger partial charge >= 0.3 is 0 Å². The van der Waals surface area contributed by atoms with E-state index in [-0.39, 0.29) is 5.92 Å². The average molecular weight is 304 g/mol. The van der Waals surface area contributed by atoms with Gasteiger partial charge in [-0.15, -0.1) is 11.6 Å². The van der Waals surface area contributed by atoms with Crippen molar-refractivity contribution in [1.29, 1.82) is 0 Å². The van der Waals surface area contributed by atoms with Crippen molar-refractivity contribution in [3.8, 4) is 5.75 Å². The first-order valence-electron chi connectivity index (χ1n) is 6.28. The maximum absolute atomic E-state index is 12.5. The molecule has 2 rings (SSSR count). The van der Waals surface area contributed by atoms with Crippen LogP contribution in [0, 0.1) is 5.92 Å². The summed E-state index contributed by atoms with van der Waals surface area (Å²) >= 11 is 5.84. The summed E-state index contributed by atoms with van der Waals surface area (Å²) < 4.78 is 31.5. The van der Waals surface area contributed by atoms with E-state index >= 15 is 0 Å². The number of methoxy groups -OCH3 is 1. The molecule has 106 valence electrons. The van der Waals surface area contributed by atoms with Crippen molar-refractivity contribution >= 4 is 21.6 Å². The predicted octanol–water partition coefficient (Wildman–Crippen LogP) is 2.33. The predicted molar refractivity (Wildman–Crippen MR) is 75.2 cm³/mol. The van der Waals surface area contributed by atoms with Gasteiger partial charge in [-0.25, -0.2) is 8.42 Å². The van der Waals surface area contributed by atoms with Gasteiger partial charge in [0.05, 0.1) is 12.0 Å². The van der Waals surface area contributed by atoms with Gasteiger partial charge in [-0.3, -0.25) is 0 Å². The number of halogens is 1. The van der Waals surface area contributed by atoms with E-state index in [9.17, 15) is 8.42 Å². The van der Waals surface area contributed by atoms with Crippen molar-refractivity contribution in [2.75, 3.05) is 26.1 Å². The first-order chi connectivity index (χ1) is 9.07. The summed E-state index contributed by atoms with van der Waals surface area (Å²) in [5.41, 5.74) is 0. The van der Waals surface area contributed by atoms with Crippen molar-refractivity contribution in [3.63, 3.8) is 0 Å². The summed E-state index contributed by atoms with van der Waals surface area (Å²) in [7, 11) is -1.86.